The van der Waals surface area contributed by atoms with Crippen LogP contribution in [0.3, 0.4) is 0 Å². The van der Waals surface area contributed by atoms with Crippen molar-refractivity contribution >= 4 is 17.5 Å². The third-order valence-electron chi connectivity index (χ3n) is 2.00. The number of para-hydroxylation sites is 1. The molecule has 0 radical (unpaired) electrons. The summed E-state index contributed by atoms with van der Waals surface area (Å²) in [4.78, 5) is 22.7. The van der Waals surface area contributed by atoms with Gasteiger partial charge in [0.1, 0.15) is 23.7 Å². The summed E-state index contributed by atoms with van der Waals surface area (Å²) in [5.41, 5.74) is -0.542. The number of amides is 2. The Morgan fingerprint density at radius 2 is 1.72 bits per heavy atom. The minimum Gasteiger partial charge on any atom is -0.353 e. The van der Waals surface area contributed by atoms with E-state index in [0.29, 0.717) is 0 Å². The van der Waals surface area contributed by atoms with Crippen molar-refractivity contribution in [1.82, 2.24) is 5.32 Å². The highest BCUT2D eigenvalue weighted by molar-refractivity contribution is 6.03. The molecule has 1 aromatic carbocycles. The van der Waals surface area contributed by atoms with E-state index >= 15 is 0 Å². The first kappa shape index (κ1) is 14.1. The van der Waals surface area contributed by atoms with E-state index in [9.17, 15) is 18.4 Å². The summed E-state index contributed by atoms with van der Waals surface area (Å²) in [6.07, 6.45) is -0.480. The van der Waals surface area contributed by atoms with E-state index in [0.717, 1.165) is 12.1 Å². The fourth-order valence-electron chi connectivity index (χ4n) is 1.32. The third-order valence-corrected chi connectivity index (χ3v) is 2.00. The molecule has 0 aliphatic carbocycles. The number of halogens is 2. The first-order valence-electron chi connectivity index (χ1n) is 5.43. The molecule has 1 aromatic rings. The molecule has 0 unspecified atom stereocenters. The van der Waals surface area contributed by atoms with Gasteiger partial charge < -0.3 is 10.6 Å². The maximum absolute atomic E-state index is 13.2. The number of anilines is 1. The van der Waals surface area contributed by atoms with Gasteiger partial charge in [-0.15, -0.1) is 0 Å². The largest absolute Gasteiger partial charge is 0.353 e. The standard InChI is InChI=1S/C12H14F2N2O2/c1-7(2)15-10(17)6-11(18)16-12-8(13)4-3-5-9(12)14/h3-5,7H,6H2,1-2H3,(H,15,17)(H,16,18). The maximum atomic E-state index is 13.2. The summed E-state index contributed by atoms with van der Waals surface area (Å²) in [6, 6.07) is 3.13. The average molecular weight is 256 g/mol. The van der Waals surface area contributed by atoms with E-state index in [2.05, 4.69) is 5.32 Å². The molecular formula is C12H14F2N2O2. The van der Waals surface area contributed by atoms with Gasteiger partial charge in [0.15, 0.2) is 0 Å². The number of carbonyl (C=O) groups is 2. The molecule has 0 atom stereocenters. The van der Waals surface area contributed by atoms with Crippen LogP contribution in [0.4, 0.5) is 14.5 Å². The van der Waals surface area contributed by atoms with Gasteiger partial charge in [-0.3, -0.25) is 9.59 Å². The Hall–Kier alpha value is -1.98. The Labute approximate surface area is 103 Å². The molecule has 4 nitrogen and oxygen atoms in total. The van der Waals surface area contributed by atoms with Crippen molar-refractivity contribution in [2.24, 2.45) is 0 Å². The van der Waals surface area contributed by atoms with Gasteiger partial charge in [0.2, 0.25) is 11.8 Å². The molecule has 0 fully saturated rings. The zero-order valence-corrected chi connectivity index (χ0v) is 10.1. The lowest BCUT2D eigenvalue weighted by molar-refractivity contribution is -0.127. The quantitative estimate of drug-likeness (QED) is 0.807. The molecule has 18 heavy (non-hydrogen) atoms. The minimum absolute atomic E-state index is 0.101. The van der Waals surface area contributed by atoms with Crippen molar-refractivity contribution in [3.8, 4) is 0 Å². The molecule has 1 rings (SSSR count). The fraction of sp³-hybridized carbons (Fsp3) is 0.333. The van der Waals surface area contributed by atoms with Gasteiger partial charge in [-0.05, 0) is 26.0 Å². The predicted molar refractivity (Wildman–Crippen MR) is 62.9 cm³/mol. The molecule has 0 saturated carbocycles. The third kappa shape index (κ3) is 4.12. The first-order valence-corrected chi connectivity index (χ1v) is 5.43. The van der Waals surface area contributed by atoms with E-state index in [1.807, 2.05) is 5.32 Å². The Balaban J connectivity index is 2.63. The van der Waals surface area contributed by atoms with Crippen molar-refractivity contribution in [2.75, 3.05) is 5.32 Å². The Morgan fingerprint density at radius 3 is 2.22 bits per heavy atom. The Bertz CT molecular complexity index is 441. The smallest absolute Gasteiger partial charge is 0.233 e. The molecule has 6 heteroatoms. The molecule has 0 bridgehead atoms. The normalized spacial score (nSPS) is 10.3. The molecule has 0 aliphatic heterocycles. The molecule has 2 amide bonds. The molecular weight excluding hydrogens is 242 g/mol. The lowest BCUT2D eigenvalue weighted by Gasteiger charge is -2.09. The highest BCUT2D eigenvalue weighted by atomic mass is 19.1. The van der Waals surface area contributed by atoms with E-state index in [-0.39, 0.29) is 6.04 Å². The van der Waals surface area contributed by atoms with Gasteiger partial charge in [-0.1, -0.05) is 6.07 Å². The van der Waals surface area contributed by atoms with E-state index < -0.39 is 35.6 Å². The van der Waals surface area contributed by atoms with Gasteiger partial charge in [-0.2, -0.15) is 0 Å². The molecule has 2 N–H and O–H groups in total. The van der Waals surface area contributed by atoms with Crippen molar-refractivity contribution in [2.45, 2.75) is 26.3 Å². The number of hydrogen-bond donors (Lipinski definition) is 2. The number of nitrogens with one attached hydrogen (secondary N) is 2. The van der Waals surface area contributed by atoms with Crippen LogP contribution in [-0.2, 0) is 9.59 Å². The average Bonchev–Trinajstić information content (AvgIpc) is 2.22. The van der Waals surface area contributed by atoms with Crippen molar-refractivity contribution < 1.29 is 18.4 Å². The summed E-state index contributed by atoms with van der Waals surface area (Å²) in [5.74, 6) is -3.03. The second kappa shape index (κ2) is 6.09. The highest BCUT2D eigenvalue weighted by Crippen LogP contribution is 2.17. The highest BCUT2D eigenvalue weighted by Gasteiger charge is 2.14. The van der Waals surface area contributed by atoms with Gasteiger partial charge in [0.25, 0.3) is 0 Å². The number of benzene rings is 1. The van der Waals surface area contributed by atoms with Gasteiger partial charge >= 0.3 is 0 Å². The number of rotatable bonds is 4. The van der Waals surface area contributed by atoms with Crippen molar-refractivity contribution in [3.63, 3.8) is 0 Å². The zero-order chi connectivity index (χ0) is 13.7. The topological polar surface area (TPSA) is 58.2 Å². The summed E-state index contributed by atoms with van der Waals surface area (Å²) >= 11 is 0. The van der Waals surface area contributed by atoms with Crippen molar-refractivity contribution in [1.29, 1.82) is 0 Å². The minimum atomic E-state index is -0.882. The van der Waals surface area contributed by atoms with Gasteiger partial charge in [-0.25, -0.2) is 8.78 Å². The fourth-order valence-corrected chi connectivity index (χ4v) is 1.32. The second-order valence-electron chi connectivity index (χ2n) is 4.04. The van der Waals surface area contributed by atoms with Crippen LogP contribution in [0.25, 0.3) is 0 Å². The van der Waals surface area contributed by atoms with Crippen LogP contribution in [0.5, 0.6) is 0 Å². The Morgan fingerprint density at radius 1 is 1.17 bits per heavy atom. The van der Waals surface area contributed by atoms with Crippen LogP contribution in [0, 0.1) is 11.6 Å². The maximum Gasteiger partial charge on any atom is 0.233 e. The summed E-state index contributed by atoms with van der Waals surface area (Å²) in [7, 11) is 0. The van der Waals surface area contributed by atoms with Crippen LogP contribution in [-0.4, -0.2) is 17.9 Å². The first-order chi connectivity index (χ1) is 8.40. The summed E-state index contributed by atoms with van der Waals surface area (Å²) in [5, 5.41) is 4.53. The van der Waals surface area contributed by atoms with Gasteiger partial charge in [0.05, 0.1) is 0 Å². The molecule has 0 heterocycles. The number of carbonyl (C=O) groups excluding carboxylic acids is 2. The lowest BCUT2D eigenvalue weighted by atomic mass is 10.2. The van der Waals surface area contributed by atoms with Crippen LogP contribution < -0.4 is 10.6 Å². The SMILES string of the molecule is CC(C)NC(=O)CC(=O)Nc1c(F)cccc1F. The predicted octanol–water partition coefficient (Wildman–Crippen LogP) is 1.82. The van der Waals surface area contributed by atoms with E-state index in [1.165, 1.54) is 6.07 Å². The van der Waals surface area contributed by atoms with Crippen LogP contribution >= 0.6 is 0 Å². The van der Waals surface area contributed by atoms with E-state index in [4.69, 9.17) is 0 Å². The lowest BCUT2D eigenvalue weighted by Crippen LogP contribution is -2.33. The van der Waals surface area contributed by atoms with Gasteiger partial charge in [0, 0.05) is 6.04 Å². The molecule has 0 aromatic heterocycles. The molecule has 0 spiro atoms. The molecule has 0 aliphatic rings. The second-order valence-corrected chi connectivity index (χ2v) is 4.04. The molecule has 98 valence electrons. The van der Waals surface area contributed by atoms with Crippen LogP contribution in [0.2, 0.25) is 0 Å². The number of hydrogen-bond acceptors (Lipinski definition) is 2. The van der Waals surface area contributed by atoms with Crippen LogP contribution in [0.15, 0.2) is 18.2 Å². The van der Waals surface area contributed by atoms with Crippen molar-refractivity contribution in [3.05, 3.63) is 29.8 Å². The zero-order valence-electron chi connectivity index (χ0n) is 10.1. The summed E-state index contributed by atoms with van der Waals surface area (Å²) in [6.45, 7) is 3.48. The monoisotopic (exact) mass is 256 g/mol. The molecule has 0 saturated heterocycles. The van der Waals surface area contributed by atoms with E-state index in [1.54, 1.807) is 13.8 Å². The Kier molecular flexibility index (Phi) is 4.76. The van der Waals surface area contributed by atoms with Crippen LogP contribution in [0.1, 0.15) is 20.3 Å². The summed E-state index contributed by atoms with van der Waals surface area (Å²) < 4.78 is 26.4.